The average Bonchev–Trinajstić information content (AvgIpc) is 3.61. The topological polar surface area (TPSA) is 223 Å². The first-order chi connectivity index (χ1) is 24.9. The van der Waals surface area contributed by atoms with Crippen LogP contribution in [0.5, 0.6) is 0 Å². The van der Waals surface area contributed by atoms with E-state index in [1.165, 1.54) is 23.3 Å². The molecule has 2 aromatic carbocycles. The second-order valence-electron chi connectivity index (χ2n) is 12.4. The number of anilines is 1. The summed E-state index contributed by atoms with van der Waals surface area (Å²) in [5.74, 6) is -3.84. The molecule has 1 saturated heterocycles. The minimum Gasteiger partial charge on any atom is -0.467 e. The quantitative estimate of drug-likeness (QED) is 0.0821. The summed E-state index contributed by atoms with van der Waals surface area (Å²) in [6.07, 6.45) is -0.0663. The number of carbonyl (C=O) groups is 4. The molecule has 53 heavy (non-hydrogen) atoms. The molecule has 1 aromatic heterocycles. The maximum Gasteiger partial charge on any atom is 0.413 e. The third-order valence-corrected chi connectivity index (χ3v) is 9.65. The number of furan rings is 1. The second-order valence-corrected chi connectivity index (χ2v) is 14.8. The van der Waals surface area contributed by atoms with E-state index in [0.717, 1.165) is 6.07 Å². The third-order valence-electron chi connectivity index (χ3n) is 8.04. The SMILES string of the molecule is C[C@@H]1N(C(=O)OCOC(=O)CCC(=O)OCCCOC(=O)c2cc(S(N)(=O)=O)c(Cl)cc2NCc2ccco2)C(C)(C)CO[C@@]1(O)c1cccc(Cl)c1. The van der Waals surface area contributed by atoms with Gasteiger partial charge in [-0.05, 0) is 57.2 Å². The first kappa shape index (κ1) is 41.4. The molecule has 0 radical (unpaired) electrons. The number of ether oxygens (including phenoxy) is 5. The van der Waals surface area contributed by atoms with Crippen LogP contribution in [0.1, 0.15) is 61.7 Å². The lowest BCUT2D eigenvalue weighted by atomic mass is 9.90. The van der Waals surface area contributed by atoms with Gasteiger partial charge in [-0.3, -0.25) is 14.5 Å². The highest BCUT2D eigenvalue weighted by atomic mass is 35.5. The van der Waals surface area contributed by atoms with Crippen LogP contribution in [0, 0.1) is 0 Å². The molecule has 0 aliphatic carbocycles. The average molecular weight is 801 g/mol. The maximum absolute atomic E-state index is 13.1. The Labute approximate surface area is 315 Å². The standard InChI is InChI=1S/C34H39Cl2N3O13S/c1-21-34(44,22-7-4-8-23(35)15-22)52-19-33(2,3)39(21)32(43)51-20-50-30(41)11-10-29(40)48-13-6-14-49-31(42)25-16-28(53(37,45)46)26(36)17-27(25)38-18-24-9-5-12-47-24/h4-5,7-9,12,15-17,21,38,44H,6,10-11,13-14,18-20H2,1-3H3,(H2,37,45,46)/t21-,34+/m0/s1. The van der Waals surface area contributed by atoms with E-state index in [9.17, 15) is 32.7 Å². The van der Waals surface area contributed by atoms with Crippen LogP contribution < -0.4 is 10.5 Å². The zero-order chi connectivity index (χ0) is 39.0. The molecule has 4 N–H and O–H groups in total. The highest BCUT2D eigenvalue weighted by Crippen LogP contribution is 2.40. The van der Waals surface area contributed by atoms with Crippen molar-refractivity contribution >= 4 is 62.9 Å². The van der Waals surface area contributed by atoms with Gasteiger partial charge in [-0.2, -0.15) is 0 Å². The van der Waals surface area contributed by atoms with Gasteiger partial charge in [0.15, 0.2) is 0 Å². The predicted molar refractivity (Wildman–Crippen MR) is 188 cm³/mol. The van der Waals surface area contributed by atoms with Gasteiger partial charge in [0, 0.05) is 17.0 Å². The molecule has 0 spiro atoms. The van der Waals surface area contributed by atoms with Crippen LogP contribution in [0.2, 0.25) is 10.0 Å². The number of carbonyl (C=O) groups excluding carboxylic acids is 4. The van der Waals surface area contributed by atoms with Gasteiger partial charge in [-0.25, -0.2) is 23.1 Å². The number of rotatable bonds is 15. The van der Waals surface area contributed by atoms with Gasteiger partial charge in [0.2, 0.25) is 22.6 Å². The monoisotopic (exact) mass is 799 g/mol. The summed E-state index contributed by atoms with van der Waals surface area (Å²) in [5.41, 5.74) is -0.555. The van der Waals surface area contributed by atoms with E-state index >= 15 is 0 Å². The molecular weight excluding hydrogens is 761 g/mol. The second kappa shape index (κ2) is 17.6. The fraction of sp³-hybridized carbons (Fsp3) is 0.412. The van der Waals surface area contributed by atoms with Crippen molar-refractivity contribution < 1.29 is 60.8 Å². The van der Waals surface area contributed by atoms with Crippen LogP contribution in [-0.2, 0) is 55.6 Å². The Kier molecular flexibility index (Phi) is 13.8. The van der Waals surface area contributed by atoms with E-state index in [4.69, 9.17) is 56.4 Å². The molecule has 1 aliphatic heterocycles. The number of hydrogen-bond donors (Lipinski definition) is 3. The van der Waals surface area contributed by atoms with Gasteiger partial charge in [-0.1, -0.05) is 35.3 Å². The van der Waals surface area contributed by atoms with Crippen molar-refractivity contribution in [3.05, 3.63) is 81.7 Å². The first-order valence-corrected chi connectivity index (χ1v) is 18.4. The molecule has 4 rings (SSSR count). The zero-order valence-electron chi connectivity index (χ0n) is 29.0. The van der Waals surface area contributed by atoms with Gasteiger partial charge in [0.05, 0.1) is 73.3 Å². The molecule has 0 bridgehead atoms. The predicted octanol–water partition coefficient (Wildman–Crippen LogP) is 4.70. The number of esters is 3. The summed E-state index contributed by atoms with van der Waals surface area (Å²) in [7, 11) is -4.27. The highest BCUT2D eigenvalue weighted by Gasteiger charge is 2.53. The van der Waals surface area contributed by atoms with E-state index in [1.54, 1.807) is 51.1 Å². The van der Waals surface area contributed by atoms with Gasteiger partial charge < -0.3 is 38.5 Å². The molecule has 2 atom stereocenters. The number of sulfonamides is 1. The van der Waals surface area contributed by atoms with E-state index in [1.807, 2.05) is 0 Å². The summed E-state index contributed by atoms with van der Waals surface area (Å²) < 4.78 is 55.4. The molecular formula is C34H39Cl2N3O13S. The lowest BCUT2D eigenvalue weighted by Gasteiger charge is -2.52. The molecule has 0 unspecified atom stereocenters. The normalized spacial score (nSPS) is 18.2. The summed E-state index contributed by atoms with van der Waals surface area (Å²) in [4.78, 5) is 51.2. The van der Waals surface area contributed by atoms with Gasteiger partial charge in [0.25, 0.3) is 0 Å². The summed E-state index contributed by atoms with van der Waals surface area (Å²) >= 11 is 12.2. The third kappa shape index (κ3) is 10.8. The molecule has 1 aliphatic rings. The molecule has 0 saturated carbocycles. The maximum atomic E-state index is 13.1. The van der Waals surface area contributed by atoms with Crippen LogP contribution in [0.4, 0.5) is 10.5 Å². The van der Waals surface area contributed by atoms with E-state index in [0.29, 0.717) is 16.3 Å². The molecule has 3 aromatic rings. The zero-order valence-corrected chi connectivity index (χ0v) is 31.3. The Balaban J connectivity index is 1.18. The van der Waals surface area contributed by atoms with Gasteiger partial charge in [-0.15, -0.1) is 0 Å². The Morgan fingerprint density at radius 3 is 2.36 bits per heavy atom. The minimum absolute atomic E-state index is 0.0459. The van der Waals surface area contributed by atoms with Crippen LogP contribution in [0.25, 0.3) is 0 Å². The lowest BCUT2D eigenvalue weighted by molar-refractivity contribution is -0.295. The fourth-order valence-electron chi connectivity index (χ4n) is 5.35. The van der Waals surface area contributed by atoms with E-state index in [-0.39, 0.29) is 61.9 Å². The van der Waals surface area contributed by atoms with Crippen molar-refractivity contribution in [3.63, 3.8) is 0 Å². The number of primary sulfonamides is 1. The number of nitrogens with one attached hydrogen (secondary N) is 1. The van der Waals surface area contributed by atoms with Gasteiger partial charge in [0.1, 0.15) is 10.7 Å². The number of amides is 1. The van der Waals surface area contributed by atoms with Crippen molar-refractivity contribution in [2.45, 2.75) is 68.8 Å². The van der Waals surface area contributed by atoms with Crippen molar-refractivity contribution in [2.24, 2.45) is 5.14 Å². The number of nitrogens with two attached hydrogens (primary N) is 1. The van der Waals surface area contributed by atoms with E-state index < -0.39 is 63.1 Å². The van der Waals surface area contributed by atoms with Crippen LogP contribution in [0.3, 0.4) is 0 Å². The summed E-state index contributed by atoms with van der Waals surface area (Å²) in [5, 5.41) is 19.7. The molecule has 19 heteroatoms. The molecule has 288 valence electrons. The summed E-state index contributed by atoms with van der Waals surface area (Å²) in [6, 6.07) is 11.1. The lowest BCUT2D eigenvalue weighted by Crippen LogP contribution is -2.66. The first-order valence-electron chi connectivity index (χ1n) is 16.1. The van der Waals surface area contributed by atoms with Gasteiger partial charge >= 0.3 is 24.0 Å². The Morgan fingerprint density at radius 2 is 1.70 bits per heavy atom. The van der Waals surface area contributed by atoms with E-state index in [2.05, 4.69) is 5.32 Å². The van der Waals surface area contributed by atoms with Crippen LogP contribution in [0.15, 0.2) is 64.1 Å². The van der Waals surface area contributed by atoms with Crippen molar-refractivity contribution in [2.75, 3.05) is 31.9 Å². The Hall–Kier alpha value is -4.39. The fourth-order valence-corrected chi connectivity index (χ4v) is 6.64. The number of morpholine rings is 1. The number of benzene rings is 2. The summed E-state index contributed by atoms with van der Waals surface area (Å²) in [6.45, 7) is 3.99. The number of hydrogen-bond acceptors (Lipinski definition) is 14. The Bertz CT molecular complexity index is 1910. The molecule has 1 amide bonds. The number of nitrogens with zero attached hydrogens (tertiary/aromatic N) is 1. The smallest absolute Gasteiger partial charge is 0.413 e. The van der Waals surface area contributed by atoms with Crippen molar-refractivity contribution in [1.29, 1.82) is 0 Å². The molecule has 2 heterocycles. The largest absolute Gasteiger partial charge is 0.467 e. The minimum atomic E-state index is -4.27. The molecule has 1 fully saturated rings. The van der Waals surface area contributed by atoms with Crippen LogP contribution >= 0.6 is 23.2 Å². The molecule has 16 nitrogen and oxygen atoms in total. The van der Waals surface area contributed by atoms with Crippen molar-refractivity contribution in [3.8, 4) is 0 Å². The van der Waals surface area contributed by atoms with Crippen molar-refractivity contribution in [1.82, 2.24) is 4.90 Å². The number of halogens is 2. The Morgan fingerprint density at radius 1 is 1.00 bits per heavy atom. The highest BCUT2D eigenvalue weighted by molar-refractivity contribution is 7.89. The number of aliphatic hydroxyl groups is 1. The van der Waals surface area contributed by atoms with Crippen LogP contribution in [-0.4, -0.2) is 80.6 Å².